The lowest BCUT2D eigenvalue weighted by Crippen LogP contribution is -1.80. The number of hydrogen-bond donors (Lipinski definition) is 0. The fourth-order valence-corrected chi connectivity index (χ4v) is 7.90. The lowest BCUT2D eigenvalue weighted by molar-refractivity contribution is 1.38. The van der Waals surface area contributed by atoms with Gasteiger partial charge in [0.15, 0.2) is 0 Å². The molecule has 22 heavy (non-hydrogen) atoms. The van der Waals surface area contributed by atoms with E-state index in [1.165, 1.54) is 19.5 Å². The zero-order valence-corrected chi connectivity index (χ0v) is 15.8. The molecule has 0 aliphatic heterocycles. The SMILES string of the molecule is S=c1sc(SCc2ccccc2)c(SCc2ccccc2)s1. The number of benzene rings is 2. The Bertz CT molecular complexity index is 695. The third-order valence-electron chi connectivity index (χ3n) is 2.94. The highest BCUT2D eigenvalue weighted by Crippen LogP contribution is 2.42. The van der Waals surface area contributed by atoms with Crippen molar-refractivity contribution in [1.82, 2.24) is 0 Å². The summed E-state index contributed by atoms with van der Waals surface area (Å²) < 4.78 is 3.74. The van der Waals surface area contributed by atoms with Gasteiger partial charge < -0.3 is 0 Å². The molecule has 0 spiro atoms. The van der Waals surface area contributed by atoms with Crippen molar-refractivity contribution in [3.63, 3.8) is 0 Å². The molecule has 0 bridgehead atoms. The van der Waals surface area contributed by atoms with Gasteiger partial charge in [0.2, 0.25) is 0 Å². The smallest absolute Gasteiger partial charge is 0.109 e. The molecule has 1 heterocycles. The largest absolute Gasteiger partial charge is 0.145 e. The van der Waals surface area contributed by atoms with Crippen molar-refractivity contribution < 1.29 is 0 Å². The molecule has 0 amide bonds. The summed E-state index contributed by atoms with van der Waals surface area (Å²) in [5.41, 5.74) is 2.71. The molecule has 1 aromatic heterocycles. The summed E-state index contributed by atoms with van der Waals surface area (Å²) >= 11 is 12.7. The predicted octanol–water partition coefficient (Wildman–Crippen LogP) is 7.12. The molecule has 0 atom stereocenters. The van der Waals surface area contributed by atoms with Crippen molar-refractivity contribution in [2.24, 2.45) is 0 Å². The maximum atomic E-state index is 5.39. The van der Waals surface area contributed by atoms with E-state index in [2.05, 4.69) is 60.7 Å². The molecular formula is C17H14S5. The molecule has 0 radical (unpaired) electrons. The average Bonchev–Trinajstić information content (AvgIpc) is 2.93. The van der Waals surface area contributed by atoms with Gasteiger partial charge in [0.25, 0.3) is 0 Å². The van der Waals surface area contributed by atoms with Gasteiger partial charge in [-0.15, -0.1) is 46.2 Å². The summed E-state index contributed by atoms with van der Waals surface area (Å²) in [5.74, 6) is 2.00. The van der Waals surface area contributed by atoms with Crippen LogP contribution in [-0.4, -0.2) is 0 Å². The van der Waals surface area contributed by atoms with Gasteiger partial charge in [0.05, 0.1) is 8.42 Å². The van der Waals surface area contributed by atoms with E-state index in [9.17, 15) is 0 Å². The lowest BCUT2D eigenvalue weighted by atomic mass is 10.2. The van der Waals surface area contributed by atoms with E-state index in [-0.39, 0.29) is 0 Å². The third-order valence-corrected chi connectivity index (χ3v) is 8.67. The Labute approximate surface area is 152 Å². The number of hydrogen-bond acceptors (Lipinski definition) is 5. The van der Waals surface area contributed by atoms with Gasteiger partial charge in [0, 0.05) is 11.5 Å². The summed E-state index contributed by atoms with van der Waals surface area (Å²) in [6, 6.07) is 21.2. The molecular weight excluding hydrogens is 365 g/mol. The summed E-state index contributed by atoms with van der Waals surface area (Å²) in [6.07, 6.45) is 0. The lowest BCUT2D eigenvalue weighted by Gasteiger charge is -2.03. The van der Waals surface area contributed by atoms with Crippen LogP contribution in [0.5, 0.6) is 0 Å². The quantitative estimate of drug-likeness (QED) is 0.331. The summed E-state index contributed by atoms with van der Waals surface area (Å²) in [6.45, 7) is 0. The molecule has 0 saturated carbocycles. The average molecular weight is 379 g/mol. The van der Waals surface area contributed by atoms with E-state index >= 15 is 0 Å². The minimum atomic E-state index is 1.00. The molecule has 3 aromatic rings. The van der Waals surface area contributed by atoms with Crippen LogP contribution in [0.1, 0.15) is 11.1 Å². The fourth-order valence-electron chi connectivity index (χ4n) is 1.88. The van der Waals surface area contributed by atoms with Gasteiger partial charge in [0.1, 0.15) is 3.14 Å². The summed E-state index contributed by atoms with van der Waals surface area (Å²) in [7, 11) is 0. The Hall–Kier alpha value is -0.590. The standard InChI is InChI=1S/C17H14S5/c18-17-21-15(19-11-13-7-3-1-4-8-13)16(22-17)20-12-14-9-5-2-6-10-14/h1-10H,11-12H2. The Balaban J connectivity index is 1.66. The van der Waals surface area contributed by atoms with Crippen LogP contribution in [0.15, 0.2) is 69.1 Å². The Kier molecular flexibility index (Phi) is 6.15. The first-order valence-electron chi connectivity index (χ1n) is 6.78. The van der Waals surface area contributed by atoms with Gasteiger partial charge in [-0.25, -0.2) is 0 Å². The molecule has 0 unspecified atom stereocenters. The van der Waals surface area contributed by atoms with Crippen molar-refractivity contribution >= 4 is 58.4 Å². The van der Waals surface area contributed by atoms with Gasteiger partial charge in [-0.05, 0) is 11.1 Å². The zero-order chi connectivity index (χ0) is 15.2. The van der Waals surface area contributed by atoms with E-state index in [4.69, 9.17) is 12.2 Å². The van der Waals surface area contributed by atoms with Crippen LogP contribution in [0.2, 0.25) is 0 Å². The first-order chi connectivity index (χ1) is 10.8. The molecule has 0 N–H and O–H groups in total. The van der Waals surface area contributed by atoms with Crippen molar-refractivity contribution in [3.05, 3.63) is 74.9 Å². The van der Waals surface area contributed by atoms with Crippen LogP contribution >= 0.6 is 58.4 Å². The second-order valence-corrected chi connectivity index (χ2v) is 10.3. The Morgan fingerprint density at radius 1 is 0.682 bits per heavy atom. The topological polar surface area (TPSA) is 0 Å². The normalized spacial score (nSPS) is 10.7. The van der Waals surface area contributed by atoms with Gasteiger partial charge in [-0.1, -0.05) is 72.9 Å². The minimum absolute atomic E-state index is 1.00. The van der Waals surface area contributed by atoms with Crippen molar-refractivity contribution in [2.45, 2.75) is 19.9 Å². The first kappa shape index (κ1) is 16.3. The molecule has 0 aliphatic carbocycles. The zero-order valence-electron chi connectivity index (χ0n) is 11.7. The molecule has 5 heteroatoms. The summed E-state index contributed by atoms with van der Waals surface area (Å²) in [4.78, 5) is 0. The van der Waals surface area contributed by atoms with Crippen molar-refractivity contribution in [3.8, 4) is 0 Å². The van der Waals surface area contributed by atoms with Gasteiger partial charge in [-0.3, -0.25) is 0 Å². The third kappa shape index (κ3) is 4.70. The molecule has 0 aliphatic rings. The maximum absolute atomic E-state index is 5.39. The first-order valence-corrected chi connectivity index (χ1v) is 10.8. The van der Waals surface area contributed by atoms with Crippen LogP contribution in [0.3, 0.4) is 0 Å². The minimum Gasteiger partial charge on any atom is -0.109 e. The van der Waals surface area contributed by atoms with Gasteiger partial charge >= 0.3 is 0 Å². The number of rotatable bonds is 6. The monoisotopic (exact) mass is 378 g/mol. The Morgan fingerprint density at radius 2 is 1.09 bits per heavy atom. The van der Waals surface area contributed by atoms with Crippen LogP contribution < -0.4 is 0 Å². The highest BCUT2D eigenvalue weighted by molar-refractivity contribution is 8.04. The second-order valence-electron chi connectivity index (χ2n) is 4.58. The van der Waals surface area contributed by atoms with E-state index < -0.39 is 0 Å². The van der Waals surface area contributed by atoms with E-state index in [1.807, 2.05) is 23.5 Å². The summed E-state index contributed by atoms with van der Waals surface area (Å²) in [5, 5.41) is 0. The molecule has 112 valence electrons. The molecule has 0 saturated heterocycles. The predicted molar refractivity (Wildman–Crippen MR) is 105 cm³/mol. The van der Waals surface area contributed by atoms with Crippen LogP contribution in [0.4, 0.5) is 0 Å². The maximum Gasteiger partial charge on any atom is 0.145 e. The number of thioether (sulfide) groups is 2. The molecule has 2 aromatic carbocycles. The van der Waals surface area contributed by atoms with Crippen LogP contribution in [0, 0.1) is 3.14 Å². The van der Waals surface area contributed by atoms with Crippen molar-refractivity contribution in [2.75, 3.05) is 0 Å². The van der Waals surface area contributed by atoms with E-state index in [1.54, 1.807) is 22.7 Å². The fraction of sp³-hybridized carbons (Fsp3) is 0.118. The second kappa shape index (κ2) is 8.31. The van der Waals surface area contributed by atoms with E-state index in [0.717, 1.165) is 14.6 Å². The molecule has 0 fully saturated rings. The van der Waals surface area contributed by atoms with Gasteiger partial charge in [-0.2, -0.15) is 0 Å². The van der Waals surface area contributed by atoms with Crippen molar-refractivity contribution in [1.29, 1.82) is 0 Å². The van der Waals surface area contributed by atoms with Crippen LogP contribution in [0.25, 0.3) is 0 Å². The van der Waals surface area contributed by atoms with Crippen LogP contribution in [-0.2, 0) is 11.5 Å². The Morgan fingerprint density at radius 3 is 1.50 bits per heavy atom. The van der Waals surface area contributed by atoms with E-state index in [0.29, 0.717) is 0 Å². The molecule has 3 rings (SSSR count). The highest BCUT2D eigenvalue weighted by Gasteiger charge is 2.09. The molecule has 0 nitrogen and oxygen atoms in total. The highest BCUT2D eigenvalue weighted by atomic mass is 32.2.